The highest BCUT2D eigenvalue weighted by Crippen LogP contribution is 2.30. The first-order valence-corrected chi connectivity index (χ1v) is 10.4. The van der Waals surface area contributed by atoms with E-state index in [1.807, 2.05) is 0 Å². The number of hydrogen-bond donors (Lipinski definition) is 2. The van der Waals surface area contributed by atoms with Gasteiger partial charge in [0, 0.05) is 30.4 Å². The minimum atomic E-state index is -3.34. The molecular formula is C19H21N3O4S. The van der Waals surface area contributed by atoms with E-state index in [2.05, 4.69) is 10.6 Å². The zero-order chi connectivity index (χ0) is 19.6. The Hall–Kier alpha value is -2.87. The predicted molar refractivity (Wildman–Crippen MR) is 106 cm³/mol. The Balaban J connectivity index is 1.81. The van der Waals surface area contributed by atoms with Gasteiger partial charge < -0.3 is 10.6 Å². The van der Waals surface area contributed by atoms with Crippen LogP contribution in [0.15, 0.2) is 42.5 Å². The summed E-state index contributed by atoms with van der Waals surface area (Å²) < 4.78 is 25.2. The first-order chi connectivity index (χ1) is 12.7. The van der Waals surface area contributed by atoms with Crippen molar-refractivity contribution in [3.8, 4) is 0 Å². The van der Waals surface area contributed by atoms with Crippen LogP contribution in [0.2, 0.25) is 0 Å². The fourth-order valence-electron chi connectivity index (χ4n) is 3.13. The van der Waals surface area contributed by atoms with E-state index in [1.165, 1.54) is 17.5 Å². The Morgan fingerprint density at radius 2 is 1.74 bits per heavy atom. The molecule has 7 nitrogen and oxygen atoms in total. The third-order valence-electron chi connectivity index (χ3n) is 4.26. The Morgan fingerprint density at radius 1 is 1.04 bits per heavy atom. The van der Waals surface area contributed by atoms with Crippen molar-refractivity contribution in [1.29, 1.82) is 0 Å². The second-order valence-electron chi connectivity index (χ2n) is 6.50. The van der Waals surface area contributed by atoms with Gasteiger partial charge in [0.05, 0.1) is 11.9 Å². The van der Waals surface area contributed by atoms with Crippen LogP contribution in [0, 0.1) is 0 Å². The third kappa shape index (κ3) is 4.46. The zero-order valence-electron chi connectivity index (χ0n) is 15.2. The lowest BCUT2D eigenvalue weighted by Crippen LogP contribution is -2.34. The van der Waals surface area contributed by atoms with Crippen molar-refractivity contribution in [2.75, 3.05) is 27.7 Å². The van der Waals surface area contributed by atoms with Gasteiger partial charge in [0.25, 0.3) is 5.91 Å². The number of aryl methyl sites for hydroxylation is 1. The normalized spacial score (nSPS) is 13.6. The highest BCUT2D eigenvalue weighted by atomic mass is 32.2. The van der Waals surface area contributed by atoms with Gasteiger partial charge in [-0.25, -0.2) is 8.42 Å². The van der Waals surface area contributed by atoms with E-state index in [0.717, 1.165) is 12.0 Å². The standard InChI is InChI=1S/C19H21N3O4S/c1-13(23)20-16-6-3-7-17(12-16)21-19(24)15-8-9-18-14(11-15)5-4-10-22(18)27(2,25)26/h3,6-9,11-12H,4-5,10H2,1-2H3,(H,20,23)(H,21,24). The smallest absolute Gasteiger partial charge is 0.255 e. The predicted octanol–water partition coefficient (Wildman–Crippen LogP) is 2.61. The van der Waals surface area contributed by atoms with Gasteiger partial charge in [-0.2, -0.15) is 0 Å². The van der Waals surface area contributed by atoms with E-state index in [9.17, 15) is 18.0 Å². The molecule has 0 fully saturated rings. The number of carbonyl (C=O) groups is 2. The number of sulfonamides is 1. The maximum atomic E-state index is 12.6. The minimum Gasteiger partial charge on any atom is -0.326 e. The number of carbonyl (C=O) groups excluding carboxylic acids is 2. The lowest BCUT2D eigenvalue weighted by Gasteiger charge is -2.29. The number of rotatable bonds is 4. The fraction of sp³-hybridized carbons (Fsp3) is 0.263. The summed E-state index contributed by atoms with van der Waals surface area (Å²) in [6, 6.07) is 11.9. The third-order valence-corrected chi connectivity index (χ3v) is 5.44. The molecule has 2 N–H and O–H groups in total. The van der Waals surface area contributed by atoms with Crippen LogP contribution in [0.1, 0.15) is 29.3 Å². The number of anilines is 3. The number of amides is 2. The van der Waals surface area contributed by atoms with Crippen molar-refractivity contribution in [3.63, 3.8) is 0 Å². The summed E-state index contributed by atoms with van der Waals surface area (Å²) in [5, 5.41) is 5.46. The molecule has 0 atom stereocenters. The van der Waals surface area contributed by atoms with Crippen LogP contribution < -0.4 is 14.9 Å². The molecule has 2 aromatic rings. The lowest BCUT2D eigenvalue weighted by atomic mass is 10.0. The molecule has 27 heavy (non-hydrogen) atoms. The number of benzene rings is 2. The van der Waals surface area contributed by atoms with Crippen molar-refractivity contribution in [2.24, 2.45) is 0 Å². The summed E-state index contributed by atoms with van der Waals surface area (Å²) in [6.45, 7) is 1.87. The second-order valence-corrected chi connectivity index (χ2v) is 8.41. The van der Waals surface area contributed by atoms with E-state index in [4.69, 9.17) is 0 Å². The van der Waals surface area contributed by atoms with E-state index < -0.39 is 10.0 Å². The van der Waals surface area contributed by atoms with Crippen LogP contribution in [-0.2, 0) is 21.2 Å². The number of nitrogens with zero attached hydrogens (tertiary/aromatic N) is 1. The Labute approximate surface area is 158 Å². The summed E-state index contributed by atoms with van der Waals surface area (Å²) >= 11 is 0. The van der Waals surface area contributed by atoms with Crippen LogP contribution in [0.5, 0.6) is 0 Å². The summed E-state index contributed by atoms with van der Waals surface area (Å²) in [7, 11) is -3.34. The molecule has 8 heteroatoms. The Morgan fingerprint density at radius 3 is 2.41 bits per heavy atom. The average Bonchev–Trinajstić information content (AvgIpc) is 2.59. The molecule has 0 aromatic heterocycles. The maximum Gasteiger partial charge on any atom is 0.255 e. The van der Waals surface area contributed by atoms with Gasteiger partial charge in [-0.15, -0.1) is 0 Å². The molecule has 3 rings (SSSR count). The summed E-state index contributed by atoms with van der Waals surface area (Å²) in [5.74, 6) is -0.488. The number of fused-ring (bicyclic) bond motifs is 1. The number of nitrogens with one attached hydrogen (secondary N) is 2. The highest BCUT2D eigenvalue weighted by Gasteiger charge is 2.24. The first kappa shape index (κ1) is 18.9. The molecule has 0 spiro atoms. The molecule has 0 unspecified atom stereocenters. The first-order valence-electron chi connectivity index (χ1n) is 8.54. The molecule has 2 amide bonds. The van der Waals surface area contributed by atoms with E-state index in [1.54, 1.807) is 42.5 Å². The molecule has 142 valence electrons. The van der Waals surface area contributed by atoms with Crippen LogP contribution >= 0.6 is 0 Å². The molecule has 1 aliphatic heterocycles. The van der Waals surface area contributed by atoms with Crippen LogP contribution in [0.4, 0.5) is 17.1 Å². The SMILES string of the molecule is CC(=O)Nc1cccc(NC(=O)c2ccc3c(c2)CCCN3S(C)(=O)=O)c1. The summed E-state index contributed by atoms with van der Waals surface area (Å²) in [6.07, 6.45) is 2.62. The van der Waals surface area contributed by atoms with Crippen LogP contribution in [0.3, 0.4) is 0 Å². The van der Waals surface area contributed by atoms with E-state index in [0.29, 0.717) is 35.6 Å². The van der Waals surface area contributed by atoms with Gasteiger partial charge in [-0.05, 0) is 54.8 Å². The average molecular weight is 387 g/mol. The quantitative estimate of drug-likeness (QED) is 0.843. The highest BCUT2D eigenvalue weighted by molar-refractivity contribution is 7.92. The monoisotopic (exact) mass is 387 g/mol. The van der Waals surface area contributed by atoms with Gasteiger partial charge in [0.15, 0.2) is 0 Å². The van der Waals surface area contributed by atoms with Gasteiger partial charge in [0.2, 0.25) is 15.9 Å². The van der Waals surface area contributed by atoms with Gasteiger partial charge in [0.1, 0.15) is 0 Å². The van der Waals surface area contributed by atoms with Crippen LogP contribution in [-0.4, -0.2) is 33.0 Å². The molecule has 0 bridgehead atoms. The lowest BCUT2D eigenvalue weighted by molar-refractivity contribution is -0.114. The maximum absolute atomic E-state index is 12.6. The van der Waals surface area contributed by atoms with Gasteiger partial charge in [-0.1, -0.05) is 6.07 Å². The van der Waals surface area contributed by atoms with Crippen molar-refractivity contribution < 1.29 is 18.0 Å². The van der Waals surface area contributed by atoms with Gasteiger partial charge in [-0.3, -0.25) is 13.9 Å². The zero-order valence-corrected chi connectivity index (χ0v) is 16.0. The van der Waals surface area contributed by atoms with Gasteiger partial charge >= 0.3 is 0 Å². The van der Waals surface area contributed by atoms with Crippen molar-refractivity contribution in [1.82, 2.24) is 0 Å². The van der Waals surface area contributed by atoms with E-state index in [-0.39, 0.29) is 11.8 Å². The largest absolute Gasteiger partial charge is 0.326 e. The second kappa shape index (κ2) is 7.40. The van der Waals surface area contributed by atoms with Crippen molar-refractivity contribution in [2.45, 2.75) is 19.8 Å². The summed E-state index contributed by atoms with van der Waals surface area (Å²) in [4.78, 5) is 23.7. The number of hydrogen-bond acceptors (Lipinski definition) is 4. The Bertz CT molecular complexity index is 1000. The molecule has 0 saturated heterocycles. The fourth-order valence-corrected chi connectivity index (χ4v) is 4.13. The Kier molecular flexibility index (Phi) is 5.18. The molecule has 1 aliphatic rings. The molecule has 0 aliphatic carbocycles. The minimum absolute atomic E-state index is 0.191. The van der Waals surface area contributed by atoms with Crippen LogP contribution in [0.25, 0.3) is 0 Å². The molecular weight excluding hydrogens is 366 g/mol. The molecule has 2 aromatic carbocycles. The van der Waals surface area contributed by atoms with Crippen molar-refractivity contribution in [3.05, 3.63) is 53.6 Å². The molecule has 0 radical (unpaired) electrons. The topological polar surface area (TPSA) is 95.6 Å². The molecule has 1 heterocycles. The van der Waals surface area contributed by atoms with E-state index >= 15 is 0 Å². The molecule has 0 saturated carbocycles. The van der Waals surface area contributed by atoms with Crippen molar-refractivity contribution >= 4 is 38.9 Å². The summed E-state index contributed by atoms with van der Waals surface area (Å²) in [5.41, 5.74) is 3.07.